The first-order valence-electron chi connectivity index (χ1n) is 6.78. The molecular formula is C15H24O2Si. The van der Waals surface area contributed by atoms with Gasteiger partial charge in [0, 0.05) is 0 Å². The molecule has 2 nitrogen and oxygen atoms in total. The molecule has 1 atom stereocenters. The number of carbonyl (C=O) groups is 1. The van der Waals surface area contributed by atoms with Gasteiger partial charge in [-0.15, -0.1) is 0 Å². The van der Waals surface area contributed by atoms with Crippen molar-refractivity contribution in [2.75, 3.05) is 7.11 Å². The number of carbonyl (C=O) groups excluding carboxylic acids is 1. The maximum Gasteiger partial charge on any atom is 0.310 e. The van der Waals surface area contributed by atoms with E-state index in [4.69, 9.17) is 4.74 Å². The van der Waals surface area contributed by atoms with Crippen molar-refractivity contribution in [3.05, 3.63) is 35.9 Å². The van der Waals surface area contributed by atoms with Crippen LogP contribution in [0.3, 0.4) is 0 Å². The normalized spacial score (nSPS) is 13.1. The van der Waals surface area contributed by atoms with Gasteiger partial charge >= 0.3 is 5.97 Å². The molecule has 0 saturated heterocycles. The van der Waals surface area contributed by atoms with Gasteiger partial charge in [-0.3, -0.25) is 4.79 Å². The lowest BCUT2D eigenvalue weighted by Gasteiger charge is -2.35. The molecule has 18 heavy (non-hydrogen) atoms. The first-order valence-corrected chi connectivity index (χ1v) is 9.47. The Morgan fingerprint density at radius 2 is 1.61 bits per heavy atom. The molecule has 1 aromatic carbocycles. The summed E-state index contributed by atoms with van der Waals surface area (Å²) in [5.41, 5.74) is 1.10. The van der Waals surface area contributed by atoms with E-state index in [0.717, 1.165) is 23.7 Å². The Labute approximate surface area is 111 Å². The van der Waals surface area contributed by atoms with E-state index in [1.165, 1.54) is 7.11 Å². The number of rotatable bonds is 6. The van der Waals surface area contributed by atoms with Gasteiger partial charge < -0.3 is 4.74 Å². The molecule has 0 spiro atoms. The molecule has 0 aromatic heterocycles. The van der Waals surface area contributed by atoms with Crippen molar-refractivity contribution >= 4 is 14.0 Å². The van der Waals surface area contributed by atoms with Crippen molar-refractivity contribution in [2.24, 2.45) is 0 Å². The maximum atomic E-state index is 12.2. The smallest absolute Gasteiger partial charge is 0.310 e. The molecule has 0 radical (unpaired) electrons. The SMILES string of the molecule is CC[Si](CC)(CC)C(C(=O)OC)c1ccccc1. The molecule has 0 bridgehead atoms. The van der Waals surface area contributed by atoms with Crippen LogP contribution in [0.25, 0.3) is 0 Å². The molecule has 0 N–H and O–H groups in total. The van der Waals surface area contributed by atoms with Crippen LogP contribution >= 0.6 is 0 Å². The van der Waals surface area contributed by atoms with Gasteiger partial charge in [-0.1, -0.05) is 69.2 Å². The Morgan fingerprint density at radius 3 is 2.00 bits per heavy atom. The quantitative estimate of drug-likeness (QED) is 0.573. The molecular weight excluding hydrogens is 240 g/mol. The average Bonchev–Trinajstić information content (AvgIpc) is 2.45. The van der Waals surface area contributed by atoms with Gasteiger partial charge in [0.05, 0.1) is 20.7 Å². The highest BCUT2D eigenvalue weighted by molar-refractivity contribution is 6.83. The minimum atomic E-state index is -1.65. The van der Waals surface area contributed by atoms with E-state index in [-0.39, 0.29) is 11.5 Å². The zero-order chi connectivity index (χ0) is 13.6. The number of esters is 1. The summed E-state index contributed by atoms with van der Waals surface area (Å²) in [4.78, 5) is 12.2. The molecule has 1 unspecified atom stereocenters. The van der Waals surface area contributed by atoms with E-state index >= 15 is 0 Å². The third-order valence-corrected chi connectivity index (χ3v) is 10.3. The summed E-state index contributed by atoms with van der Waals surface area (Å²) in [7, 11) is -0.148. The van der Waals surface area contributed by atoms with E-state index in [1.54, 1.807) is 0 Å². The topological polar surface area (TPSA) is 26.3 Å². The fourth-order valence-corrected chi connectivity index (χ4v) is 7.11. The summed E-state index contributed by atoms with van der Waals surface area (Å²) in [5.74, 6) is -0.0570. The highest BCUT2D eigenvalue weighted by Crippen LogP contribution is 2.36. The van der Waals surface area contributed by atoms with Crippen LogP contribution in [0.15, 0.2) is 30.3 Å². The second kappa shape index (κ2) is 6.74. The molecule has 0 fully saturated rings. The Kier molecular flexibility index (Phi) is 5.60. The summed E-state index contributed by atoms with van der Waals surface area (Å²) in [6, 6.07) is 13.5. The molecule has 0 saturated carbocycles. The van der Waals surface area contributed by atoms with Gasteiger partial charge in [-0.25, -0.2) is 0 Å². The molecule has 100 valence electrons. The minimum Gasteiger partial charge on any atom is -0.469 e. The van der Waals surface area contributed by atoms with Gasteiger partial charge in [0.15, 0.2) is 0 Å². The van der Waals surface area contributed by atoms with E-state index in [9.17, 15) is 4.79 Å². The molecule has 0 amide bonds. The molecule has 0 aliphatic carbocycles. The molecule has 3 heteroatoms. The highest BCUT2D eigenvalue weighted by Gasteiger charge is 2.42. The van der Waals surface area contributed by atoms with Crippen molar-refractivity contribution in [2.45, 2.75) is 44.4 Å². The Hall–Kier alpha value is -1.09. The number of benzene rings is 1. The van der Waals surface area contributed by atoms with Gasteiger partial charge in [0.2, 0.25) is 0 Å². The lowest BCUT2D eigenvalue weighted by Crippen LogP contribution is -2.44. The first-order chi connectivity index (χ1) is 8.65. The summed E-state index contributed by atoms with van der Waals surface area (Å²) >= 11 is 0. The largest absolute Gasteiger partial charge is 0.469 e. The van der Waals surface area contributed by atoms with Crippen molar-refractivity contribution in [3.63, 3.8) is 0 Å². The second-order valence-corrected chi connectivity index (χ2v) is 10.2. The second-order valence-electron chi connectivity index (χ2n) is 4.79. The highest BCUT2D eigenvalue weighted by atomic mass is 28.3. The van der Waals surface area contributed by atoms with E-state index in [1.807, 2.05) is 18.2 Å². The van der Waals surface area contributed by atoms with Crippen LogP contribution in [0.4, 0.5) is 0 Å². The minimum absolute atomic E-state index is 0.0244. The van der Waals surface area contributed by atoms with Gasteiger partial charge in [0.25, 0.3) is 0 Å². The summed E-state index contributed by atoms with van der Waals surface area (Å²) in [6.45, 7) is 6.66. The number of hydrogen-bond donors (Lipinski definition) is 0. The molecule has 0 aliphatic heterocycles. The van der Waals surface area contributed by atoms with Crippen LogP contribution in [0.2, 0.25) is 18.1 Å². The Morgan fingerprint density at radius 1 is 1.11 bits per heavy atom. The lowest BCUT2D eigenvalue weighted by molar-refractivity contribution is -0.140. The van der Waals surface area contributed by atoms with Crippen LogP contribution in [0.5, 0.6) is 0 Å². The van der Waals surface area contributed by atoms with Gasteiger partial charge in [0.1, 0.15) is 0 Å². The van der Waals surface area contributed by atoms with Gasteiger partial charge in [-0.05, 0) is 5.56 Å². The fourth-order valence-electron chi connectivity index (χ4n) is 2.87. The van der Waals surface area contributed by atoms with Crippen LogP contribution in [-0.2, 0) is 9.53 Å². The first kappa shape index (κ1) is 15.0. The van der Waals surface area contributed by atoms with E-state index in [2.05, 4.69) is 32.9 Å². The number of methoxy groups -OCH3 is 1. The fraction of sp³-hybridized carbons (Fsp3) is 0.533. The molecule has 1 rings (SSSR count). The maximum absolute atomic E-state index is 12.2. The number of ether oxygens (including phenoxy) is 1. The van der Waals surface area contributed by atoms with Crippen LogP contribution in [0.1, 0.15) is 31.9 Å². The van der Waals surface area contributed by atoms with Crippen molar-refractivity contribution in [1.82, 2.24) is 0 Å². The monoisotopic (exact) mass is 264 g/mol. The third-order valence-electron chi connectivity index (χ3n) is 4.29. The molecule has 1 aromatic rings. The van der Waals surface area contributed by atoms with Gasteiger partial charge in [-0.2, -0.15) is 0 Å². The predicted molar refractivity (Wildman–Crippen MR) is 78.4 cm³/mol. The van der Waals surface area contributed by atoms with Crippen LogP contribution < -0.4 is 0 Å². The van der Waals surface area contributed by atoms with E-state index < -0.39 is 8.07 Å². The van der Waals surface area contributed by atoms with Crippen LogP contribution in [-0.4, -0.2) is 21.2 Å². The summed E-state index contributed by atoms with van der Waals surface area (Å²) < 4.78 is 5.07. The van der Waals surface area contributed by atoms with Crippen LogP contribution in [0, 0.1) is 0 Å². The average molecular weight is 264 g/mol. The number of hydrogen-bond acceptors (Lipinski definition) is 2. The van der Waals surface area contributed by atoms with Crippen molar-refractivity contribution in [1.29, 1.82) is 0 Å². The third kappa shape index (κ3) is 2.83. The summed E-state index contributed by atoms with van der Waals surface area (Å²) in [6.07, 6.45) is 0. The standard InChI is InChI=1S/C15H24O2Si/c1-5-18(6-2,7-3)14(15(16)17-4)13-11-9-8-10-12-13/h8-12,14H,5-7H2,1-4H3. The summed E-state index contributed by atoms with van der Waals surface area (Å²) in [5, 5.41) is 0. The molecule has 0 aliphatic rings. The Balaban J connectivity index is 3.25. The zero-order valence-electron chi connectivity index (χ0n) is 11.9. The predicted octanol–water partition coefficient (Wildman–Crippen LogP) is 3.99. The molecule has 0 heterocycles. The lowest BCUT2D eigenvalue weighted by atomic mass is 10.1. The zero-order valence-corrected chi connectivity index (χ0v) is 12.9. The van der Waals surface area contributed by atoms with Crippen molar-refractivity contribution < 1.29 is 9.53 Å². The Bertz CT molecular complexity index is 363. The van der Waals surface area contributed by atoms with Crippen molar-refractivity contribution in [3.8, 4) is 0 Å². The van der Waals surface area contributed by atoms with E-state index in [0.29, 0.717) is 0 Å².